The highest BCUT2D eigenvalue weighted by molar-refractivity contribution is 6.07. The lowest BCUT2D eigenvalue weighted by Gasteiger charge is -2.42. The average molecular weight is 449 g/mol. The zero-order chi connectivity index (χ0) is 24.1. The number of unbranched alkanes of at least 4 members (excludes halogenated alkanes) is 2. The second-order valence-electron chi connectivity index (χ2n) is 11.4. The van der Waals surface area contributed by atoms with Gasteiger partial charge < -0.3 is 4.57 Å². The van der Waals surface area contributed by atoms with Gasteiger partial charge in [-0.25, -0.2) is 0 Å². The standard InChI is InChI=1S/C31H48N2/c1-8-12-18-30(5,6)27(22-31(7,17-10-3)19-13-9-2)24-14-15-28-25(21-24)26-23-32-20-16-29(26)33(28)11-4/h14-16,20-21,23,27H,8-13,17-19,22H2,1-7H3. The third-order valence-corrected chi connectivity index (χ3v) is 8.21. The van der Waals surface area contributed by atoms with Crippen molar-refractivity contribution in [3.63, 3.8) is 0 Å². The van der Waals surface area contributed by atoms with Crippen LogP contribution in [0.2, 0.25) is 0 Å². The molecule has 0 radical (unpaired) electrons. The van der Waals surface area contributed by atoms with Gasteiger partial charge in [0.1, 0.15) is 0 Å². The molecule has 0 aliphatic rings. The lowest BCUT2D eigenvalue weighted by molar-refractivity contribution is 0.150. The summed E-state index contributed by atoms with van der Waals surface area (Å²) in [5.41, 5.74) is 4.87. The molecule has 2 heteroatoms. The van der Waals surface area contributed by atoms with Gasteiger partial charge in [-0.1, -0.05) is 79.7 Å². The zero-order valence-corrected chi connectivity index (χ0v) is 22.5. The fourth-order valence-electron chi connectivity index (χ4n) is 6.20. The molecule has 0 saturated heterocycles. The first-order chi connectivity index (χ1) is 15.8. The van der Waals surface area contributed by atoms with Gasteiger partial charge in [0.2, 0.25) is 0 Å². The highest BCUT2D eigenvalue weighted by Gasteiger charge is 2.36. The third-order valence-electron chi connectivity index (χ3n) is 8.21. The largest absolute Gasteiger partial charge is 0.341 e. The van der Waals surface area contributed by atoms with Crippen molar-refractivity contribution in [1.82, 2.24) is 9.55 Å². The molecule has 3 aromatic rings. The van der Waals surface area contributed by atoms with Crippen LogP contribution in [0.4, 0.5) is 0 Å². The Balaban J connectivity index is 2.12. The summed E-state index contributed by atoms with van der Waals surface area (Å²) < 4.78 is 2.44. The predicted octanol–water partition coefficient (Wildman–Crippen LogP) is 9.90. The molecule has 0 aliphatic carbocycles. The lowest BCUT2D eigenvalue weighted by Crippen LogP contribution is -2.29. The molecule has 0 amide bonds. The lowest BCUT2D eigenvalue weighted by atomic mass is 9.63. The molecule has 0 spiro atoms. The fraction of sp³-hybridized carbons (Fsp3) is 0.645. The van der Waals surface area contributed by atoms with E-state index in [1.54, 1.807) is 0 Å². The van der Waals surface area contributed by atoms with Gasteiger partial charge in [-0.2, -0.15) is 0 Å². The van der Waals surface area contributed by atoms with Crippen molar-refractivity contribution in [2.45, 2.75) is 119 Å². The summed E-state index contributed by atoms with van der Waals surface area (Å²) in [5, 5.41) is 2.67. The van der Waals surface area contributed by atoms with E-state index >= 15 is 0 Å². The van der Waals surface area contributed by atoms with Gasteiger partial charge in [-0.05, 0) is 73.1 Å². The van der Waals surface area contributed by atoms with Crippen molar-refractivity contribution in [2.24, 2.45) is 10.8 Å². The van der Waals surface area contributed by atoms with Gasteiger partial charge in [-0.3, -0.25) is 4.98 Å². The average Bonchev–Trinajstić information content (AvgIpc) is 3.13. The predicted molar refractivity (Wildman–Crippen MR) is 146 cm³/mol. The first-order valence-electron chi connectivity index (χ1n) is 13.7. The van der Waals surface area contributed by atoms with Crippen LogP contribution in [-0.4, -0.2) is 9.55 Å². The van der Waals surface area contributed by atoms with E-state index < -0.39 is 0 Å². The van der Waals surface area contributed by atoms with E-state index in [9.17, 15) is 0 Å². The molecule has 2 heterocycles. The van der Waals surface area contributed by atoms with Crippen LogP contribution in [0.25, 0.3) is 21.8 Å². The number of benzene rings is 1. The number of hydrogen-bond acceptors (Lipinski definition) is 1. The molecule has 0 N–H and O–H groups in total. The second kappa shape index (κ2) is 11.1. The van der Waals surface area contributed by atoms with Crippen LogP contribution >= 0.6 is 0 Å². The van der Waals surface area contributed by atoms with Gasteiger partial charge in [0, 0.05) is 35.2 Å². The molecule has 0 aliphatic heterocycles. The molecule has 2 nitrogen and oxygen atoms in total. The summed E-state index contributed by atoms with van der Waals surface area (Å²) in [6, 6.07) is 9.53. The number of nitrogens with zero attached hydrogens (tertiary/aromatic N) is 2. The molecular formula is C31H48N2. The first-order valence-corrected chi connectivity index (χ1v) is 13.7. The summed E-state index contributed by atoms with van der Waals surface area (Å²) in [5.74, 6) is 0.568. The summed E-state index contributed by atoms with van der Waals surface area (Å²) >= 11 is 0. The van der Waals surface area contributed by atoms with E-state index in [-0.39, 0.29) is 5.41 Å². The van der Waals surface area contributed by atoms with Gasteiger partial charge in [0.05, 0.1) is 5.52 Å². The maximum atomic E-state index is 4.48. The maximum Gasteiger partial charge on any atom is 0.0522 e. The van der Waals surface area contributed by atoms with E-state index in [1.165, 1.54) is 85.2 Å². The van der Waals surface area contributed by atoms with E-state index in [0.717, 1.165) is 6.54 Å². The van der Waals surface area contributed by atoms with E-state index in [4.69, 9.17) is 0 Å². The Morgan fingerprint density at radius 2 is 1.52 bits per heavy atom. The first kappa shape index (κ1) is 25.8. The number of hydrogen-bond donors (Lipinski definition) is 0. The molecule has 0 saturated carbocycles. The Bertz CT molecular complexity index is 1030. The highest BCUT2D eigenvalue weighted by atomic mass is 15.0. The zero-order valence-electron chi connectivity index (χ0n) is 22.5. The van der Waals surface area contributed by atoms with Gasteiger partial charge in [0.15, 0.2) is 0 Å². The number of pyridine rings is 1. The molecule has 33 heavy (non-hydrogen) atoms. The summed E-state index contributed by atoms with van der Waals surface area (Å²) in [6.45, 7) is 17.9. The SMILES string of the molecule is CCCCC(C)(CCC)CC(c1ccc2c(c1)c1cnccc1n2CC)C(C)(C)CCCC. The molecule has 3 rings (SSSR count). The number of aromatic nitrogens is 2. The Morgan fingerprint density at radius 1 is 0.818 bits per heavy atom. The molecule has 1 aromatic carbocycles. The maximum absolute atomic E-state index is 4.48. The Morgan fingerprint density at radius 3 is 2.18 bits per heavy atom. The van der Waals surface area contributed by atoms with E-state index in [1.807, 2.05) is 6.20 Å². The van der Waals surface area contributed by atoms with Crippen molar-refractivity contribution in [2.75, 3.05) is 0 Å². The van der Waals surface area contributed by atoms with Gasteiger partial charge >= 0.3 is 0 Å². The Hall–Kier alpha value is -1.83. The Kier molecular flexibility index (Phi) is 8.65. The minimum absolute atomic E-state index is 0.284. The van der Waals surface area contributed by atoms with Crippen LogP contribution in [0.15, 0.2) is 36.7 Å². The normalized spacial score (nSPS) is 15.2. The van der Waals surface area contributed by atoms with Crippen molar-refractivity contribution >= 4 is 21.8 Å². The number of aryl methyl sites for hydroxylation is 1. The molecule has 0 fully saturated rings. The second-order valence-corrected chi connectivity index (χ2v) is 11.4. The van der Waals surface area contributed by atoms with Crippen molar-refractivity contribution < 1.29 is 0 Å². The van der Waals surface area contributed by atoms with Crippen molar-refractivity contribution in [3.05, 3.63) is 42.2 Å². The highest BCUT2D eigenvalue weighted by Crippen LogP contribution is 2.50. The number of fused-ring (bicyclic) bond motifs is 3. The van der Waals surface area contributed by atoms with Gasteiger partial charge in [-0.15, -0.1) is 0 Å². The van der Waals surface area contributed by atoms with Gasteiger partial charge in [0.25, 0.3) is 0 Å². The van der Waals surface area contributed by atoms with Crippen molar-refractivity contribution in [1.29, 1.82) is 0 Å². The molecule has 182 valence electrons. The van der Waals surface area contributed by atoms with E-state index in [2.05, 4.69) is 88.5 Å². The van der Waals surface area contributed by atoms with Crippen LogP contribution in [0, 0.1) is 10.8 Å². The Labute approximate surface area is 203 Å². The molecule has 2 unspecified atom stereocenters. The molecular weight excluding hydrogens is 400 g/mol. The van der Waals surface area contributed by atoms with Crippen LogP contribution in [-0.2, 0) is 6.54 Å². The number of rotatable bonds is 13. The quantitative estimate of drug-likeness (QED) is 0.254. The van der Waals surface area contributed by atoms with Crippen LogP contribution in [0.5, 0.6) is 0 Å². The molecule has 0 bridgehead atoms. The van der Waals surface area contributed by atoms with Crippen molar-refractivity contribution in [3.8, 4) is 0 Å². The van der Waals surface area contributed by atoms with Crippen LogP contribution in [0.1, 0.15) is 118 Å². The molecule has 2 atom stereocenters. The summed E-state index contributed by atoms with van der Waals surface area (Å²) in [4.78, 5) is 4.48. The summed E-state index contributed by atoms with van der Waals surface area (Å²) in [6.07, 6.45) is 15.7. The summed E-state index contributed by atoms with van der Waals surface area (Å²) in [7, 11) is 0. The van der Waals surface area contributed by atoms with Crippen LogP contribution < -0.4 is 0 Å². The minimum atomic E-state index is 0.284. The monoisotopic (exact) mass is 448 g/mol. The third kappa shape index (κ3) is 5.64. The topological polar surface area (TPSA) is 17.8 Å². The fourth-order valence-corrected chi connectivity index (χ4v) is 6.20. The van der Waals surface area contributed by atoms with E-state index in [0.29, 0.717) is 11.3 Å². The smallest absolute Gasteiger partial charge is 0.0522 e. The molecule has 2 aromatic heterocycles. The minimum Gasteiger partial charge on any atom is -0.341 e. The van der Waals surface area contributed by atoms with Crippen LogP contribution in [0.3, 0.4) is 0 Å².